The SMILES string of the molecule is Cc1ccccc1C(=O)Nc1nnc(CC(=O)NN=Cc2ccccc2OCc2ccccc2Cl)s1. The molecule has 0 unspecified atom stereocenters. The van der Waals surface area contributed by atoms with Gasteiger partial charge in [0.2, 0.25) is 11.0 Å². The van der Waals surface area contributed by atoms with Gasteiger partial charge in [0.1, 0.15) is 17.4 Å². The van der Waals surface area contributed by atoms with Gasteiger partial charge in [0.15, 0.2) is 0 Å². The Kier molecular flexibility index (Phi) is 8.38. The van der Waals surface area contributed by atoms with Gasteiger partial charge in [-0.2, -0.15) is 5.10 Å². The summed E-state index contributed by atoms with van der Waals surface area (Å²) in [4.78, 5) is 24.7. The van der Waals surface area contributed by atoms with E-state index in [0.717, 1.165) is 22.5 Å². The molecular weight excluding hydrogens is 498 g/mol. The number of amides is 2. The van der Waals surface area contributed by atoms with Gasteiger partial charge in [0.25, 0.3) is 5.91 Å². The van der Waals surface area contributed by atoms with Gasteiger partial charge in [0.05, 0.1) is 12.6 Å². The fraction of sp³-hybridized carbons (Fsp3) is 0.115. The molecule has 1 heterocycles. The maximum Gasteiger partial charge on any atom is 0.257 e. The quantitative estimate of drug-likeness (QED) is 0.238. The third kappa shape index (κ3) is 6.74. The van der Waals surface area contributed by atoms with Gasteiger partial charge in [-0.15, -0.1) is 10.2 Å². The number of carbonyl (C=O) groups excluding carboxylic acids is 2. The van der Waals surface area contributed by atoms with Crippen LogP contribution in [0.5, 0.6) is 5.75 Å². The summed E-state index contributed by atoms with van der Waals surface area (Å²) in [5.41, 5.74) is 5.45. The largest absolute Gasteiger partial charge is 0.488 e. The number of para-hydroxylation sites is 1. The minimum absolute atomic E-state index is 0.0279. The summed E-state index contributed by atoms with van der Waals surface area (Å²) in [5, 5.41) is 16.1. The first-order valence-electron chi connectivity index (χ1n) is 11.0. The second kappa shape index (κ2) is 12.1. The molecule has 0 aliphatic heterocycles. The molecule has 0 aliphatic rings. The standard InChI is InChI=1S/C26H22ClN5O3S/c1-17-8-2-5-11-20(17)25(34)29-26-32-31-24(36-26)14-23(33)30-28-15-18-9-4-7-13-22(18)35-16-19-10-3-6-12-21(19)27/h2-13,15H,14,16H2,1H3,(H,30,33)(H,29,32,34). The molecule has 4 aromatic rings. The van der Waals surface area contributed by atoms with Gasteiger partial charge in [0, 0.05) is 21.7 Å². The maximum atomic E-state index is 12.4. The summed E-state index contributed by atoms with van der Waals surface area (Å²) in [6, 6.07) is 22.0. The molecule has 10 heteroatoms. The summed E-state index contributed by atoms with van der Waals surface area (Å²) in [6.07, 6.45) is 1.48. The van der Waals surface area contributed by atoms with Crippen LogP contribution >= 0.6 is 22.9 Å². The predicted molar refractivity (Wildman–Crippen MR) is 141 cm³/mol. The van der Waals surface area contributed by atoms with E-state index >= 15 is 0 Å². The van der Waals surface area contributed by atoms with E-state index in [9.17, 15) is 9.59 Å². The van der Waals surface area contributed by atoms with Crippen molar-refractivity contribution in [2.45, 2.75) is 20.0 Å². The molecule has 2 amide bonds. The van der Waals surface area contributed by atoms with E-state index in [4.69, 9.17) is 16.3 Å². The Bertz CT molecular complexity index is 1410. The number of anilines is 1. The molecule has 2 N–H and O–H groups in total. The van der Waals surface area contributed by atoms with Crippen molar-refractivity contribution in [3.8, 4) is 5.75 Å². The average molecular weight is 520 g/mol. The lowest BCUT2D eigenvalue weighted by Gasteiger charge is -2.10. The number of aromatic nitrogens is 2. The molecule has 36 heavy (non-hydrogen) atoms. The number of hydrogen-bond donors (Lipinski definition) is 2. The van der Waals surface area contributed by atoms with Crippen LogP contribution < -0.4 is 15.5 Å². The van der Waals surface area contributed by atoms with Crippen molar-refractivity contribution in [2.75, 3.05) is 5.32 Å². The molecular formula is C26H22ClN5O3S. The Morgan fingerprint density at radius 3 is 2.61 bits per heavy atom. The first-order valence-corrected chi connectivity index (χ1v) is 12.2. The van der Waals surface area contributed by atoms with E-state index in [0.29, 0.717) is 38.6 Å². The molecule has 0 atom stereocenters. The summed E-state index contributed by atoms with van der Waals surface area (Å²) in [7, 11) is 0. The number of ether oxygens (including phenoxy) is 1. The molecule has 0 spiro atoms. The van der Waals surface area contributed by atoms with Gasteiger partial charge in [-0.3, -0.25) is 14.9 Å². The van der Waals surface area contributed by atoms with Gasteiger partial charge in [-0.25, -0.2) is 5.43 Å². The second-order valence-corrected chi connectivity index (χ2v) is 9.13. The molecule has 1 aromatic heterocycles. The fourth-order valence-corrected chi connectivity index (χ4v) is 4.13. The van der Waals surface area contributed by atoms with Crippen LogP contribution in [0, 0.1) is 6.92 Å². The first kappa shape index (κ1) is 25.0. The zero-order valence-corrected chi connectivity index (χ0v) is 20.8. The fourth-order valence-electron chi connectivity index (χ4n) is 3.21. The lowest BCUT2D eigenvalue weighted by Crippen LogP contribution is -2.19. The van der Waals surface area contributed by atoms with E-state index in [-0.39, 0.29) is 18.2 Å². The van der Waals surface area contributed by atoms with E-state index in [1.165, 1.54) is 6.21 Å². The van der Waals surface area contributed by atoms with Crippen LogP contribution in [-0.4, -0.2) is 28.2 Å². The number of carbonyl (C=O) groups is 2. The molecule has 0 fully saturated rings. The van der Waals surface area contributed by atoms with Gasteiger partial charge >= 0.3 is 0 Å². The van der Waals surface area contributed by atoms with Crippen LogP contribution in [0.15, 0.2) is 77.9 Å². The summed E-state index contributed by atoms with van der Waals surface area (Å²) in [6.45, 7) is 2.16. The highest BCUT2D eigenvalue weighted by atomic mass is 35.5. The predicted octanol–water partition coefficient (Wildman–Crippen LogP) is 5.02. The molecule has 0 bridgehead atoms. The lowest BCUT2D eigenvalue weighted by molar-refractivity contribution is -0.120. The minimum atomic E-state index is -0.367. The van der Waals surface area contributed by atoms with Crippen molar-refractivity contribution in [3.05, 3.63) is 105 Å². The minimum Gasteiger partial charge on any atom is -0.488 e. The normalized spacial score (nSPS) is 10.8. The number of benzene rings is 3. The number of rotatable bonds is 9. The topological polar surface area (TPSA) is 106 Å². The number of aryl methyl sites for hydroxylation is 1. The highest BCUT2D eigenvalue weighted by Crippen LogP contribution is 2.21. The summed E-state index contributed by atoms with van der Waals surface area (Å²) in [5.74, 6) is -0.0394. The Hall–Kier alpha value is -4.08. The Balaban J connectivity index is 1.30. The van der Waals surface area contributed by atoms with Crippen LogP contribution in [0.3, 0.4) is 0 Å². The van der Waals surface area contributed by atoms with Crippen LogP contribution in [-0.2, 0) is 17.8 Å². The molecule has 0 radical (unpaired) electrons. The van der Waals surface area contributed by atoms with Crippen molar-refractivity contribution in [1.82, 2.24) is 15.6 Å². The molecule has 4 rings (SSSR count). The molecule has 182 valence electrons. The van der Waals surface area contributed by atoms with Crippen molar-refractivity contribution in [2.24, 2.45) is 5.10 Å². The second-order valence-electron chi connectivity index (χ2n) is 7.66. The van der Waals surface area contributed by atoms with E-state index in [1.807, 2.05) is 67.6 Å². The molecule has 0 aliphatic carbocycles. The molecule has 0 saturated carbocycles. The third-order valence-electron chi connectivity index (χ3n) is 5.04. The average Bonchev–Trinajstić information content (AvgIpc) is 3.30. The van der Waals surface area contributed by atoms with Crippen LogP contribution in [0.1, 0.15) is 32.1 Å². The van der Waals surface area contributed by atoms with Gasteiger partial charge < -0.3 is 4.74 Å². The van der Waals surface area contributed by atoms with Crippen LogP contribution in [0.2, 0.25) is 5.02 Å². The number of nitrogens with one attached hydrogen (secondary N) is 2. The zero-order chi connectivity index (χ0) is 25.3. The van der Waals surface area contributed by atoms with Gasteiger partial charge in [-0.1, -0.05) is 71.5 Å². The first-order chi connectivity index (χ1) is 17.5. The van der Waals surface area contributed by atoms with Crippen molar-refractivity contribution in [3.63, 3.8) is 0 Å². The Morgan fingerprint density at radius 2 is 1.78 bits per heavy atom. The monoisotopic (exact) mass is 519 g/mol. The number of hydrazone groups is 1. The lowest BCUT2D eigenvalue weighted by atomic mass is 10.1. The van der Waals surface area contributed by atoms with E-state index < -0.39 is 0 Å². The molecule has 0 saturated heterocycles. The summed E-state index contributed by atoms with van der Waals surface area (Å²) >= 11 is 7.32. The maximum absolute atomic E-state index is 12.4. The van der Waals surface area contributed by atoms with Crippen LogP contribution in [0.25, 0.3) is 0 Å². The Labute approximate surface area is 217 Å². The third-order valence-corrected chi connectivity index (χ3v) is 6.25. The van der Waals surface area contributed by atoms with Crippen molar-refractivity contribution >= 4 is 46.1 Å². The highest BCUT2D eigenvalue weighted by Gasteiger charge is 2.13. The molecule has 3 aromatic carbocycles. The summed E-state index contributed by atoms with van der Waals surface area (Å²) < 4.78 is 5.89. The smallest absolute Gasteiger partial charge is 0.257 e. The number of nitrogens with zero attached hydrogens (tertiary/aromatic N) is 3. The Morgan fingerprint density at radius 1 is 1.03 bits per heavy atom. The van der Waals surface area contributed by atoms with Crippen molar-refractivity contribution in [1.29, 1.82) is 0 Å². The van der Waals surface area contributed by atoms with E-state index in [1.54, 1.807) is 12.1 Å². The number of halogens is 1. The highest BCUT2D eigenvalue weighted by molar-refractivity contribution is 7.15. The van der Waals surface area contributed by atoms with Crippen molar-refractivity contribution < 1.29 is 14.3 Å². The van der Waals surface area contributed by atoms with Crippen LogP contribution in [0.4, 0.5) is 5.13 Å². The zero-order valence-electron chi connectivity index (χ0n) is 19.3. The van der Waals surface area contributed by atoms with E-state index in [2.05, 4.69) is 26.0 Å². The van der Waals surface area contributed by atoms with Gasteiger partial charge in [-0.05, 0) is 36.8 Å². The molecule has 8 nitrogen and oxygen atoms in total. The number of hydrogen-bond acceptors (Lipinski definition) is 7.